The van der Waals surface area contributed by atoms with Gasteiger partial charge in [0.05, 0.1) is 25.4 Å². The molecule has 1 fully saturated rings. The van der Waals surface area contributed by atoms with E-state index in [-0.39, 0.29) is 24.5 Å². The number of fused-ring (bicyclic) bond motifs is 1. The minimum Gasteiger partial charge on any atom is -0.491 e. The molecule has 1 aromatic carbocycles. The normalized spacial score (nSPS) is 16.3. The highest BCUT2D eigenvalue weighted by Crippen LogP contribution is 2.55. The zero-order valence-electron chi connectivity index (χ0n) is 18.5. The van der Waals surface area contributed by atoms with Gasteiger partial charge in [0.2, 0.25) is 0 Å². The minimum absolute atomic E-state index is 0.0924. The van der Waals surface area contributed by atoms with Gasteiger partial charge in [-0.2, -0.15) is 0 Å². The lowest BCUT2D eigenvalue weighted by atomic mass is 10.1. The van der Waals surface area contributed by atoms with Gasteiger partial charge in [0, 0.05) is 24.2 Å². The molecular formula is C25H21F2N3O4. The Kier molecular flexibility index (Phi) is 5.39. The molecule has 0 saturated heterocycles. The maximum absolute atomic E-state index is 13.2. The standard InChI is InChI=1S/C25H21F2N3O4/c1-15-11-28-22-8-7-18(13-30(22)24(15)31)34-19-9-21(32-2)23(29-12-19)33-14-16-3-5-17(6-4-16)20-10-25(20,26)27/h3-9,11-13,20H,10,14H2,1-2H3. The smallest absolute Gasteiger partial charge is 0.260 e. The number of nitrogens with zero attached hydrogens (tertiary/aromatic N) is 3. The third-order valence-electron chi connectivity index (χ3n) is 5.68. The summed E-state index contributed by atoms with van der Waals surface area (Å²) in [5.74, 6) is -1.81. The third-order valence-corrected chi connectivity index (χ3v) is 5.68. The van der Waals surface area contributed by atoms with Crippen molar-refractivity contribution in [3.05, 3.63) is 88.1 Å². The van der Waals surface area contributed by atoms with Crippen molar-refractivity contribution in [2.24, 2.45) is 0 Å². The molecule has 7 nitrogen and oxygen atoms in total. The second-order valence-electron chi connectivity index (χ2n) is 8.17. The number of aromatic nitrogens is 3. The van der Waals surface area contributed by atoms with Gasteiger partial charge in [-0.15, -0.1) is 0 Å². The molecule has 4 aromatic rings. The van der Waals surface area contributed by atoms with Crippen molar-refractivity contribution in [2.75, 3.05) is 7.11 Å². The summed E-state index contributed by atoms with van der Waals surface area (Å²) in [4.78, 5) is 20.8. The van der Waals surface area contributed by atoms with Crippen LogP contribution < -0.4 is 19.8 Å². The van der Waals surface area contributed by atoms with Crippen LogP contribution in [0.4, 0.5) is 8.78 Å². The summed E-state index contributed by atoms with van der Waals surface area (Å²) in [7, 11) is 1.49. The average Bonchev–Trinajstić information content (AvgIpc) is 3.49. The fraction of sp³-hybridized carbons (Fsp3) is 0.240. The molecular weight excluding hydrogens is 444 g/mol. The van der Waals surface area contributed by atoms with Crippen LogP contribution in [0.25, 0.3) is 5.65 Å². The Morgan fingerprint density at radius 2 is 1.85 bits per heavy atom. The fourth-order valence-electron chi connectivity index (χ4n) is 3.64. The van der Waals surface area contributed by atoms with Crippen LogP contribution in [-0.2, 0) is 6.61 Å². The van der Waals surface area contributed by atoms with Gasteiger partial charge >= 0.3 is 0 Å². The van der Waals surface area contributed by atoms with Gasteiger partial charge in [-0.05, 0) is 30.2 Å². The van der Waals surface area contributed by atoms with Gasteiger partial charge in [-0.3, -0.25) is 9.20 Å². The third kappa shape index (κ3) is 4.28. The van der Waals surface area contributed by atoms with E-state index < -0.39 is 11.8 Å². The van der Waals surface area contributed by atoms with Crippen LogP contribution in [0.2, 0.25) is 0 Å². The topological polar surface area (TPSA) is 75.0 Å². The van der Waals surface area contributed by atoms with Gasteiger partial charge in [0.1, 0.15) is 23.8 Å². The van der Waals surface area contributed by atoms with E-state index in [0.717, 1.165) is 5.56 Å². The predicted molar refractivity (Wildman–Crippen MR) is 120 cm³/mol. The first-order chi connectivity index (χ1) is 16.3. The number of hydrogen-bond donors (Lipinski definition) is 0. The first-order valence-corrected chi connectivity index (χ1v) is 10.6. The first kappa shape index (κ1) is 21.8. The highest BCUT2D eigenvalue weighted by atomic mass is 19.3. The highest BCUT2D eigenvalue weighted by Gasteiger charge is 2.57. The fourth-order valence-corrected chi connectivity index (χ4v) is 3.64. The summed E-state index contributed by atoms with van der Waals surface area (Å²) in [5, 5.41) is 0. The molecule has 0 aliphatic heterocycles. The van der Waals surface area contributed by atoms with Crippen molar-refractivity contribution in [1.82, 2.24) is 14.4 Å². The van der Waals surface area contributed by atoms with E-state index in [1.165, 1.54) is 23.9 Å². The summed E-state index contributed by atoms with van der Waals surface area (Å²) in [5.41, 5.74) is 2.32. The van der Waals surface area contributed by atoms with Crippen LogP contribution in [-0.4, -0.2) is 27.4 Å². The average molecular weight is 465 g/mol. The summed E-state index contributed by atoms with van der Waals surface area (Å²) in [6, 6.07) is 12.0. The minimum atomic E-state index is -2.59. The molecule has 0 bridgehead atoms. The molecule has 1 saturated carbocycles. The van der Waals surface area contributed by atoms with Crippen LogP contribution >= 0.6 is 0 Å². The predicted octanol–water partition coefficient (Wildman–Crippen LogP) is 4.90. The van der Waals surface area contributed by atoms with Crippen molar-refractivity contribution in [1.29, 1.82) is 0 Å². The molecule has 0 N–H and O–H groups in total. The van der Waals surface area contributed by atoms with Crippen molar-refractivity contribution >= 4 is 5.65 Å². The number of pyridine rings is 2. The number of hydrogen-bond acceptors (Lipinski definition) is 6. The largest absolute Gasteiger partial charge is 0.491 e. The molecule has 5 rings (SSSR count). The van der Waals surface area contributed by atoms with Crippen LogP contribution in [0.15, 0.2) is 65.8 Å². The molecule has 0 radical (unpaired) electrons. The lowest BCUT2D eigenvalue weighted by Gasteiger charge is -2.12. The Labute approximate surface area is 193 Å². The molecule has 3 heterocycles. The number of halogens is 2. The van der Waals surface area contributed by atoms with E-state index >= 15 is 0 Å². The van der Waals surface area contributed by atoms with Crippen LogP contribution in [0.5, 0.6) is 23.1 Å². The maximum atomic E-state index is 13.2. The van der Waals surface area contributed by atoms with Crippen molar-refractivity contribution < 1.29 is 23.0 Å². The Hall–Kier alpha value is -4.01. The van der Waals surface area contributed by atoms with Crippen LogP contribution in [0, 0.1) is 6.92 Å². The van der Waals surface area contributed by atoms with Crippen molar-refractivity contribution in [2.45, 2.75) is 31.8 Å². The SMILES string of the molecule is COc1cc(Oc2ccc3ncc(C)c(=O)n3c2)cnc1OCc1ccc(C2CC2(F)F)cc1. The number of benzene rings is 1. The van der Waals surface area contributed by atoms with Gasteiger partial charge in [-0.25, -0.2) is 18.7 Å². The highest BCUT2D eigenvalue weighted by molar-refractivity contribution is 5.44. The Morgan fingerprint density at radius 1 is 1.09 bits per heavy atom. The van der Waals surface area contributed by atoms with Gasteiger partial charge < -0.3 is 14.2 Å². The number of ether oxygens (including phenoxy) is 3. The quantitative estimate of drug-likeness (QED) is 0.387. The molecule has 0 spiro atoms. The number of alkyl halides is 2. The molecule has 9 heteroatoms. The van der Waals surface area contributed by atoms with Gasteiger partial charge in [-0.1, -0.05) is 24.3 Å². The summed E-state index contributed by atoms with van der Waals surface area (Å²) in [6.07, 6.45) is 4.49. The summed E-state index contributed by atoms with van der Waals surface area (Å²) < 4.78 is 44.9. The molecule has 174 valence electrons. The summed E-state index contributed by atoms with van der Waals surface area (Å²) >= 11 is 0. The maximum Gasteiger partial charge on any atom is 0.260 e. The van der Waals surface area contributed by atoms with Crippen molar-refractivity contribution in [3.8, 4) is 23.1 Å². The van der Waals surface area contributed by atoms with E-state index in [9.17, 15) is 13.6 Å². The van der Waals surface area contributed by atoms with E-state index in [0.29, 0.717) is 34.0 Å². The molecule has 3 aromatic heterocycles. The van der Waals surface area contributed by atoms with E-state index in [1.807, 2.05) is 0 Å². The Balaban J connectivity index is 1.28. The zero-order valence-corrected chi connectivity index (χ0v) is 18.5. The van der Waals surface area contributed by atoms with Gasteiger partial charge in [0.25, 0.3) is 17.4 Å². The molecule has 1 aliphatic rings. The second kappa shape index (κ2) is 8.40. The number of rotatable bonds is 7. The molecule has 34 heavy (non-hydrogen) atoms. The monoisotopic (exact) mass is 465 g/mol. The van der Waals surface area contributed by atoms with Crippen LogP contribution in [0.3, 0.4) is 0 Å². The molecule has 1 atom stereocenters. The molecule has 1 unspecified atom stereocenters. The molecule has 1 aliphatic carbocycles. The van der Waals surface area contributed by atoms with E-state index in [1.54, 1.807) is 55.6 Å². The lowest BCUT2D eigenvalue weighted by Crippen LogP contribution is -2.16. The van der Waals surface area contributed by atoms with Crippen LogP contribution in [0.1, 0.15) is 29.0 Å². The van der Waals surface area contributed by atoms with E-state index in [4.69, 9.17) is 14.2 Å². The Bertz CT molecular complexity index is 1420. The molecule has 0 amide bonds. The number of aryl methyl sites for hydroxylation is 1. The second-order valence-corrected chi connectivity index (χ2v) is 8.17. The lowest BCUT2D eigenvalue weighted by molar-refractivity contribution is 0.112. The number of methoxy groups -OCH3 is 1. The van der Waals surface area contributed by atoms with Crippen molar-refractivity contribution in [3.63, 3.8) is 0 Å². The zero-order chi connectivity index (χ0) is 23.9. The first-order valence-electron chi connectivity index (χ1n) is 10.6. The van der Waals surface area contributed by atoms with Gasteiger partial charge in [0.15, 0.2) is 5.75 Å². The van der Waals surface area contributed by atoms with E-state index in [2.05, 4.69) is 9.97 Å². The summed E-state index contributed by atoms with van der Waals surface area (Å²) in [6.45, 7) is 1.90. The Morgan fingerprint density at radius 3 is 2.56 bits per heavy atom.